The van der Waals surface area contributed by atoms with Crippen molar-refractivity contribution in [3.05, 3.63) is 60.2 Å². The number of hydrogen-bond acceptors (Lipinski definition) is 3. The number of rotatable bonds is 7. The van der Waals surface area contributed by atoms with Gasteiger partial charge in [-0.1, -0.05) is 18.2 Å². The maximum absolute atomic E-state index is 13.9. The van der Waals surface area contributed by atoms with Crippen molar-refractivity contribution in [1.29, 1.82) is 0 Å². The molecule has 142 valence electrons. The van der Waals surface area contributed by atoms with Gasteiger partial charge in [0.25, 0.3) is 0 Å². The molecule has 1 heterocycles. The average molecular weight is 390 g/mol. The predicted octanol–water partition coefficient (Wildman–Crippen LogP) is 3.62. The van der Waals surface area contributed by atoms with Crippen molar-refractivity contribution in [2.75, 3.05) is 23.7 Å². The summed E-state index contributed by atoms with van der Waals surface area (Å²) >= 11 is 1.72. The molecule has 0 radical (unpaired) electrons. The molecule has 1 unspecified atom stereocenters. The molecule has 1 aliphatic rings. The number of halogens is 2. The van der Waals surface area contributed by atoms with E-state index in [1.54, 1.807) is 11.8 Å². The van der Waals surface area contributed by atoms with Gasteiger partial charge < -0.3 is 10.2 Å². The van der Waals surface area contributed by atoms with Crippen LogP contribution in [0.4, 0.5) is 14.5 Å². The van der Waals surface area contributed by atoms with Crippen LogP contribution in [-0.2, 0) is 9.59 Å². The van der Waals surface area contributed by atoms with Crippen molar-refractivity contribution < 1.29 is 18.4 Å². The lowest BCUT2D eigenvalue weighted by Crippen LogP contribution is -2.33. The summed E-state index contributed by atoms with van der Waals surface area (Å²) in [6.07, 6.45) is 0.837. The number of hydrogen-bond donors (Lipinski definition) is 1. The Labute approximate surface area is 160 Å². The van der Waals surface area contributed by atoms with Crippen molar-refractivity contribution >= 4 is 29.3 Å². The molecule has 0 saturated carbocycles. The monoisotopic (exact) mass is 390 g/mol. The molecule has 1 aliphatic heterocycles. The first-order chi connectivity index (χ1) is 13.0. The van der Waals surface area contributed by atoms with Crippen LogP contribution in [0.3, 0.4) is 0 Å². The zero-order valence-electron chi connectivity index (χ0n) is 14.7. The number of nitrogens with zero attached hydrogens (tertiary/aromatic N) is 1. The third-order valence-corrected chi connectivity index (χ3v) is 5.43. The highest BCUT2D eigenvalue weighted by Crippen LogP contribution is 2.28. The summed E-state index contributed by atoms with van der Waals surface area (Å²) in [6, 6.07) is 13.1. The first kappa shape index (κ1) is 19.4. The second-order valence-electron chi connectivity index (χ2n) is 6.31. The Morgan fingerprint density at radius 2 is 1.96 bits per heavy atom. The largest absolute Gasteiger partial charge is 0.356 e. The zero-order valence-corrected chi connectivity index (χ0v) is 15.5. The van der Waals surface area contributed by atoms with Crippen LogP contribution in [0, 0.1) is 17.6 Å². The van der Waals surface area contributed by atoms with E-state index in [0.717, 1.165) is 24.3 Å². The molecule has 0 bridgehead atoms. The Bertz CT molecular complexity index is 817. The van der Waals surface area contributed by atoms with Crippen LogP contribution in [0.25, 0.3) is 0 Å². The Hall–Kier alpha value is -2.41. The normalized spacial score (nSPS) is 16.6. The van der Waals surface area contributed by atoms with Crippen molar-refractivity contribution in [2.45, 2.75) is 17.7 Å². The second kappa shape index (κ2) is 8.99. The Kier molecular flexibility index (Phi) is 6.45. The van der Waals surface area contributed by atoms with Crippen LogP contribution in [0.15, 0.2) is 53.4 Å². The van der Waals surface area contributed by atoms with Crippen LogP contribution >= 0.6 is 11.8 Å². The van der Waals surface area contributed by atoms with E-state index in [1.807, 2.05) is 30.3 Å². The molecule has 27 heavy (non-hydrogen) atoms. The van der Waals surface area contributed by atoms with Gasteiger partial charge >= 0.3 is 0 Å². The zero-order chi connectivity index (χ0) is 19.2. The predicted molar refractivity (Wildman–Crippen MR) is 102 cm³/mol. The molecule has 0 spiro atoms. The summed E-state index contributed by atoms with van der Waals surface area (Å²) in [4.78, 5) is 26.8. The maximum Gasteiger partial charge on any atom is 0.227 e. The van der Waals surface area contributed by atoms with Crippen LogP contribution in [0.2, 0.25) is 0 Å². The number of carbonyl (C=O) groups is 2. The molecular weight excluding hydrogens is 370 g/mol. The lowest BCUT2D eigenvalue weighted by molar-refractivity contribution is -0.126. The van der Waals surface area contributed by atoms with Crippen molar-refractivity contribution in [2.24, 2.45) is 5.92 Å². The van der Waals surface area contributed by atoms with Gasteiger partial charge in [-0.15, -0.1) is 11.8 Å². The lowest BCUT2D eigenvalue weighted by atomic mass is 10.1. The SMILES string of the molecule is O=C(NCCCSc1ccccc1)C1CC(=O)N(c2ccc(F)cc2F)C1. The van der Waals surface area contributed by atoms with Gasteiger partial charge in [-0.3, -0.25) is 9.59 Å². The standard InChI is InChI=1S/C20H20F2N2O2S/c21-15-7-8-18(17(22)12-15)24-13-14(11-19(24)25)20(26)23-9-4-10-27-16-5-2-1-3-6-16/h1-3,5-8,12,14H,4,9-11,13H2,(H,23,26). The fourth-order valence-electron chi connectivity index (χ4n) is 2.95. The molecule has 1 fully saturated rings. The molecule has 0 aromatic heterocycles. The average Bonchev–Trinajstić information content (AvgIpc) is 3.04. The van der Waals surface area contributed by atoms with Crippen LogP contribution in [0.1, 0.15) is 12.8 Å². The topological polar surface area (TPSA) is 49.4 Å². The molecule has 2 aromatic carbocycles. The molecule has 3 rings (SSSR count). The molecule has 4 nitrogen and oxygen atoms in total. The Morgan fingerprint density at radius 1 is 1.19 bits per heavy atom. The fraction of sp³-hybridized carbons (Fsp3) is 0.300. The van der Waals surface area contributed by atoms with Gasteiger partial charge in [0.1, 0.15) is 11.6 Å². The van der Waals surface area contributed by atoms with Crippen molar-refractivity contribution in [3.8, 4) is 0 Å². The summed E-state index contributed by atoms with van der Waals surface area (Å²) in [5, 5.41) is 2.84. The van der Waals surface area contributed by atoms with Gasteiger partial charge in [-0.05, 0) is 36.4 Å². The van der Waals surface area contributed by atoms with E-state index >= 15 is 0 Å². The van der Waals surface area contributed by atoms with Gasteiger partial charge in [-0.25, -0.2) is 8.78 Å². The van der Waals surface area contributed by atoms with E-state index in [2.05, 4.69) is 5.32 Å². The highest BCUT2D eigenvalue weighted by atomic mass is 32.2. The first-order valence-electron chi connectivity index (χ1n) is 8.75. The fourth-order valence-corrected chi connectivity index (χ4v) is 3.83. The quantitative estimate of drug-likeness (QED) is 0.580. The lowest BCUT2D eigenvalue weighted by Gasteiger charge is -2.17. The van der Waals surface area contributed by atoms with Crippen molar-refractivity contribution in [1.82, 2.24) is 5.32 Å². The van der Waals surface area contributed by atoms with Gasteiger partial charge in [0.15, 0.2) is 0 Å². The highest BCUT2D eigenvalue weighted by Gasteiger charge is 2.36. The molecule has 2 aromatic rings. The third-order valence-electron chi connectivity index (χ3n) is 4.33. The van der Waals surface area contributed by atoms with Crippen molar-refractivity contribution in [3.63, 3.8) is 0 Å². The molecule has 0 aliphatic carbocycles. The van der Waals surface area contributed by atoms with E-state index in [-0.39, 0.29) is 30.5 Å². The first-order valence-corrected chi connectivity index (χ1v) is 9.74. The van der Waals surface area contributed by atoms with Crippen LogP contribution in [-0.4, -0.2) is 30.7 Å². The number of nitrogens with one attached hydrogen (secondary N) is 1. The van der Waals surface area contributed by atoms with Gasteiger partial charge in [0, 0.05) is 30.5 Å². The summed E-state index contributed by atoms with van der Waals surface area (Å²) in [6.45, 7) is 0.625. The third kappa shape index (κ3) is 5.07. The minimum Gasteiger partial charge on any atom is -0.356 e. The second-order valence-corrected chi connectivity index (χ2v) is 7.48. The Morgan fingerprint density at radius 3 is 2.70 bits per heavy atom. The van der Waals surface area contributed by atoms with Crippen LogP contribution < -0.4 is 10.2 Å². The van der Waals surface area contributed by atoms with Gasteiger partial charge in [0.2, 0.25) is 11.8 Å². The summed E-state index contributed by atoms with van der Waals surface area (Å²) in [5.74, 6) is -1.70. The molecule has 1 N–H and O–H groups in total. The summed E-state index contributed by atoms with van der Waals surface area (Å²) in [5.41, 5.74) is 0.0101. The smallest absolute Gasteiger partial charge is 0.227 e. The summed E-state index contributed by atoms with van der Waals surface area (Å²) in [7, 11) is 0. The Balaban J connectivity index is 1.45. The number of amides is 2. The number of carbonyl (C=O) groups excluding carboxylic acids is 2. The maximum atomic E-state index is 13.9. The number of benzene rings is 2. The van der Waals surface area contributed by atoms with Gasteiger partial charge in [-0.2, -0.15) is 0 Å². The molecule has 1 saturated heterocycles. The van der Waals surface area contributed by atoms with E-state index in [0.29, 0.717) is 6.54 Å². The highest BCUT2D eigenvalue weighted by molar-refractivity contribution is 7.99. The van der Waals surface area contributed by atoms with E-state index in [4.69, 9.17) is 0 Å². The molecule has 1 atom stereocenters. The van der Waals surface area contributed by atoms with E-state index in [9.17, 15) is 18.4 Å². The van der Waals surface area contributed by atoms with Crippen LogP contribution in [0.5, 0.6) is 0 Å². The van der Waals surface area contributed by atoms with Gasteiger partial charge in [0.05, 0.1) is 11.6 Å². The molecule has 7 heteroatoms. The number of thioether (sulfide) groups is 1. The minimum absolute atomic E-state index is 0.0101. The molecule has 2 amide bonds. The summed E-state index contributed by atoms with van der Waals surface area (Å²) < 4.78 is 26.9. The molecular formula is C20H20F2N2O2S. The van der Waals surface area contributed by atoms with E-state index < -0.39 is 17.6 Å². The minimum atomic E-state index is -0.803. The van der Waals surface area contributed by atoms with E-state index in [1.165, 1.54) is 15.9 Å². The number of anilines is 1.